The van der Waals surface area contributed by atoms with Crippen molar-refractivity contribution in [3.63, 3.8) is 0 Å². The van der Waals surface area contributed by atoms with Gasteiger partial charge in [0.05, 0.1) is 24.3 Å². The van der Waals surface area contributed by atoms with Crippen molar-refractivity contribution in [3.05, 3.63) is 84.6 Å². The lowest BCUT2D eigenvalue weighted by Crippen LogP contribution is -2.28. The molecule has 0 saturated heterocycles. The highest BCUT2D eigenvalue weighted by atomic mass is 16.3. The van der Waals surface area contributed by atoms with E-state index in [4.69, 9.17) is 8.83 Å². The standard InChI is InChI=1S/C20H17N3O3/c1-14(18-9-5-11-25-18)21-20(24)17-13-16(19-10-6-12-26-19)22-23(17)15-7-3-2-4-8-15/h2-14H,1H3,(H,21,24). The molecule has 0 saturated carbocycles. The average Bonchev–Trinajstić information content (AvgIpc) is 3.43. The fourth-order valence-electron chi connectivity index (χ4n) is 2.73. The van der Waals surface area contributed by atoms with Crippen LogP contribution in [0, 0.1) is 0 Å². The number of amides is 1. The Labute approximate surface area is 150 Å². The van der Waals surface area contributed by atoms with Crippen LogP contribution in [0.2, 0.25) is 0 Å². The number of nitrogens with one attached hydrogen (secondary N) is 1. The number of benzene rings is 1. The van der Waals surface area contributed by atoms with Gasteiger partial charge in [0.1, 0.15) is 17.1 Å². The normalized spacial score (nSPS) is 12.0. The summed E-state index contributed by atoms with van der Waals surface area (Å²) in [5.74, 6) is 1.05. The Hall–Kier alpha value is -3.54. The van der Waals surface area contributed by atoms with Crippen LogP contribution in [0.25, 0.3) is 17.1 Å². The molecule has 26 heavy (non-hydrogen) atoms. The fourth-order valence-corrected chi connectivity index (χ4v) is 2.73. The third kappa shape index (κ3) is 3.04. The number of aromatic nitrogens is 2. The lowest BCUT2D eigenvalue weighted by Gasteiger charge is -2.12. The Morgan fingerprint density at radius 1 is 1.04 bits per heavy atom. The second kappa shape index (κ2) is 6.76. The molecule has 0 aliphatic carbocycles. The van der Waals surface area contributed by atoms with Gasteiger partial charge in [-0.15, -0.1) is 0 Å². The van der Waals surface area contributed by atoms with Crippen LogP contribution in [0.15, 0.2) is 82.0 Å². The molecule has 0 bridgehead atoms. The minimum Gasteiger partial charge on any atom is -0.467 e. The van der Waals surface area contributed by atoms with Gasteiger partial charge >= 0.3 is 0 Å². The van der Waals surface area contributed by atoms with Crippen molar-refractivity contribution in [2.45, 2.75) is 13.0 Å². The lowest BCUT2D eigenvalue weighted by atomic mass is 10.2. The summed E-state index contributed by atoms with van der Waals surface area (Å²) in [6.07, 6.45) is 3.16. The zero-order valence-electron chi connectivity index (χ0n) is 14.1. The molecular weight excluding hydrogens is 330 g/mol. The molecule has 130 valence electrons. The molecule has 1 atom stereocenters. The molecule has 0 aliphatic heterocycles. The molecule has 0 aliphatic rings. The predicted octanol–water partition coefficient (Wildman–Crippen LogP) is 4.22. The van der Waals surface area contributed by atoms with E-state index in [1.165, 1.54) is 0 Å². The van der Waals surface area contributed by atoms with Gasteiger partial charge in [-0.05, 0) is 43.3 Å². The van der Waals surface area contributed by atoms with Crippen LogP contribution in [0.4, 0.5) is 0 Å². The van der Waals surface area contributed by atoms with Crippen LogP contribution in [0.1, 0.15) is 29.2 Å². The number of nitrogens with zero attached hydrogens (tertiary/aromatic N) is 2. The first-order valence-electron chi connectivity index (χ1n) is 8.26. The first-order chi connectivity index (χ1) is 12.7. The Balaban J connectivity index is 1.70. The highest BCUT2D eigenvalue weighted by Crippen LogP contribution is 2.23. The fraction of sp³-hybridized carbons (Fsp3) is 0.100. The van der Waals surface area contributed by atoms with Gasteiger partial charge in [-0.25, -0.2) is 4.68 Å². The molecule has 0 spiro atoms. The number of hydrogen-bond donors (Lipinski definition) is 1. The van der Waals surface area contributed by atoms with E-state index in [-0.39, 0.29) is 11.9 Å². The van der Waals surface area contributed by atoms with Crippen molar-refractivity contribution < 1.29 is 13.6 Å². The molecule has 1 N–H and O–H groups in total. The highest BCUT2D eigenvalue weighted by molar-refractivity contribution is 5.94. The molecule has 1 unspecified atom stereocenters. The lowest BCUT2D eigenvalue weighted by molar-refractivity contribution is 0.0927. The largest absolute Gasteiger partial charge is 0.467 e. The number of carbonyl (C=O) groups is 1. The predicted molar refractivity (Wildman–Crippen MR) is 95.9 cm³/mol. The molecule has 4 aromatic rings. The van der Waals surface area contributed by atoms with Crippen molar-refractivity contribution >= 4 is 5.91 Å². The van der Waals surface area contributed by atoms with E-state index in [0.29, 0.717) is 22.9 Å². The third-order valence-corrected chi connectivity index (χ3v) is 4.03. The summed E-state index contributed by atoms with van der Waals surface area (Å²) in [6.45, 7) is 1.87. The van der Waals surface area contributed by atoms with E-state index >= 15 is 0 Å². The van der Waals surface area contributed by atoms with Gasteiger partial charge in [0, 0.05) is 6.07 Å². The van der Waals surface area contributed by atoms with Gasteiger partial charge in [-0.2, -0.15) is 5.10 Å². The number of para-hydroxylation sites is 1. The summed E-state index contributed by atoms with van der Waals surface area (Å²) >= 11 is 0. The summed E-state index contributed by atoms with van der Waals surface area (Å²) in [7, 11) is 0. The van der Waals surface area contributed by atoms with Crippen LogP contribution in [-0.2, 0) is 0 Å². The average molecular weight is 347 g/mol. The smallest absolute Gasteiger partial charge is 0.270 e. The Morgan fingerprint density at radius 3 is 2.50 bits per heavy atom. The molecule has 4 rings (SSSR count). The molecule has 0 radical (unpaired) electrons. The molecule has 1 aromatic carbocycles. The van der Waals surface area contributed by atoms with Gasteiger partial charge in [0.2, 0.25) is 0 Å². The van der Waals surface area contributed by atoms with Gasteiger partial charge in [0.15, 0.2) is 5.76 Å². The van der Waals surface area contributed by atoms with Crippen LogP contribution < -0.4 is 5.32 Å². The zero-order chi connectivity index (χ0) is 17.9. The minimum absolute atomic E-state index is 0.247. The van der Waals surface area contributed by atoms with Crippen LogP contribution >= 0.6 is 0 Å². The molecule has 3 aromatic heterocycles. The summed E-state index contributed by atoms with van der Waals surface area (Å²) in [4.78, 5) is 12.9. The molecule has 3 heterocycles. The first kappa shape index (κ1) is 16.0. The Morgan fingerprint density at radius 2 is 1.81 bits per heavy atom. The van der Waals surface area contributed by atoms with E-state index < -0.39 is 0 Å². The van der Waals surface area contributed by atoms with Crippen molar-refractivity contribution in [2.75, 3.05) is 0 Å². The SMILES string of the molecule is CC(NC(=O)c1cc(-c2ccco2)nn1-c1ccccc1)c1ccco1. The molecule has 6 nitrogen and oxygen atoms in total. The first-order valence-corrected chi connectivity index (χ1v) is 8.26. The number of hydrogen-bond acceptors (Lipinski definition) is 4. The monoisotopic (exact) mass is 347 g/mol. The Kier molecular flexibility index (Phi) is 4.15. The topological polar surface area (TPSA) is 73.2 Å². The van der Waals surface area contributed by atoms with Gasteiger partial charge in [-0.1, -0.05) is 18.2 Å². The maximum absolute atomic E-state index is 12.9. The molecule has 6 heteroatoms. The quantitative estimate of drug-likeness (QED) is 0.587. The van der Waals surface area contributed by atoms with Gasteiger partial charge in [-0.3, -0.25) is 4.79 Å². The number of furan rings is 2. The van der Waals surface area contributed by atoms with Crippen LogP contribution in [0.5, 0.6) is 0 Å². The summed E-state index contributed by atoms with van der Waals surface area (Å²) in [6, 6.07) is 18.2. The van der Waals surface area contributed by atoms with E-state index in [1.807, 2.05) is 49.4 Å². The summed E-state index contributed by atoms with van der Waals surface area (Å²) in [5, 5.41) is 7.50. The van der Waals surface area contributed by atoms with E-state index in [1.54, 1.807) is 35.4 Å². The van der Waals surface area contributed by atoms with Crippen molar-refractivity contribution in [3.8, 4) is 17.1 Å². The van der Waals surface area contributed by atoms with Crippen molar-refractivity contribution in [1.29, 1.82) is 0 Å². The summed E-state index contributed by atoms with van der Waals surface area (Å²) in [5.41, 5.74) is 1.80. The zero-order valence-corrected chi connectivity index (χ0v) is 14.1. The number of rotatable bonds is 5. The molecule has 0 fully saturated rings. The van der Waals surface area contributed by atoms with Crippen LogP contribution in [0.3, 0.4) is 0 Å². The maximum atomic E-state index is 12.9. The second-order valence-corrected chi connectivity index (χ2v) is 5.85. The van der Waals surface area contributed by atoms with E-state index in [9.17, 15) is 4.79 Å². The maximum Gasteiger partial charge on any atom is 0.270 e. The van der Waals surface area contributed by atoms with Crippen molar-refractivity contribution in [2.24, 2.45) is 0 Å². The van der Waals surface area contributed by atoms with Crippen molar-refractivity contribution in [1.82, 2.24) is 15.1 Å². The molecular formula is C20H17N3O3. The minimum atomic E-state index is -0.260. The van der Waals surface area contributed by atoms with E-state index in [0.717, 1.165) is 5.69 Å². The second-order valence-electron chi connectivity index (χ2n) is 5.85. The number of carbonyl (C=O) groups excluding carboxylic acids is 1. The van der Waals surface area contributed by atoms with Crippen LogP contribution in [-0.4, -0.2) is 15.7 Å². The molecule has 1 amide bonds. The Bertz CT molecular complexity index is 987. The summed E-state index contributed by atoms with van der Waals surface area (Å²) < 4.78 is 12.4. The third-order valence-electron chi connectivity index (χ3n) is 4.03. The van der Waals surface area contributed by atoms with E-state index in [2.05, 4.69) is 10.4 Å². The van der Waals surface area contributed by atoms with Gasteiger partial charge in [0.25, 0.3) is 5.91 Å². The van der Waals surface area contributed by atoms with Gasteiger partial charge < -0.3 is 14.2 Å². The highest BCUT2D eigenvalue weighted by Gasteiger charge is 2.21.